The van der Waals surface area contributed by atoms with E-state index < -0.39 is 10.0 Å². The van der Waals surface area contributed by atoms with Gasteiger partial charge in [0.05, 0.1) is 17.2 Å². The first kappa shape index (κ1) is 16.3. The molecule has 2 N–H and O–H groups in total. The number of unbranched alkanes of at least 4 members (excludes halogenated alkanes) is 1. The Balaban J connectivity index is 1.74. The van der Waals surface area contributed by atoms with E-state index in [2.05, 4.69) is 27.1 Å². The van der Waals surface area contributed by atoms with Crippen molar-refractivity contribution in [3.63, 3.8) is 0 Å². The molecule has 24 heavy (non-hydrogen) atoms. The van der Waals surface area contributed by atoms with Crippen LogP contribution < -0.4 is 9.46 Å². The SMILES string of the molecule is CCCCOc1ccc(S(=O)(=O)Nc2ccc3n[nH]nc3c2)cc1. The van der Waals surface area contributed by atoms with Crippen molar-refractivity contribution in [1.29, 1.82) is 0 Å². The fourth-order valence-electron chi connectivity index (χ4n) is 2.17. The molecule has 0 radical (unpaired) electrons. The summed E-state index contributed by atoms with van der Waals surface area (Å²) in [7, 11) is -3.67. The molecule has 126 valence electrons. The van der Waals surface area contributed by atoms with Gasteiger partial charge in [-0.2, -0.15) is 15.4 Å². The summed E-state index contributed by atoms with van der Waals surface area (Å²) >= 11 is 0. The summed E-state index contributed by atoms with van der Waals surface area (Å²) in [6.07, 6.45) is 2.01. The van der Waals surface area contributed by atoms with Gasteiger partial charge in [-0.05, 0) is 48.9 Å². The zero-order valence-corrected chi connectivity index (χ0v) is 14.0. The largest absolute Gasteiger partial charge is 0.494 e. The summed E-state index contributed by atoms with van der Waals surface area (Å²) in [5, 5.41) is 10.4. The Morgan fingerprint density at radius 1 is 1.08 bits per heavy atom. The molecule has 0 fully saturated rings. The van der Waals surface area contributed by atoms with Gasteiger partial charge in [-0.25, -0.2) is 8.42 Å². The molecule has 0 saturated carbocycles. The fourth-order valence-corrected chi connectivity index (χ4v) is 3.22. The number of hydrogen-bond donors (Lipinski definition) is 2. The molecule has 0 bridgehead atoms. The molecule has 3 aromatic rings. The second-order valence-electron chi connectivity index (χ2n) is 5.31. The molecule has 2 aromatic carbocycles. The number of fused-ring (bicyclic) bond motifs is 1. The molecule has 0 saturated heterocycles. The van der Waals surface area contributed by atoms with Crippen molar-refractivity contribution in [3.05, 3.63) is 42.5 Å². The lowest BCUT2D eigenvalue weighted by Gasteiger charge is -2.09. The molecule has 0 unspecified atom stereocenters. The van der Waals surface area contributed by atoms with Crippen LogP contribution in [-0.4, -0.2) is 30.4 Å². The normalized spacial score (nSPS) is 11.5. The van der Waals surface area contributed by atoms with Crippen molar-refractivity contribution in [2.75, 3.05) is 11.3 Å². The quantitative estimate of drug-likeness (QED) is 0.641. The first-order chi connectivity index (χ1) is 11.6. The van der Waals surface area contributed by atoms with E-state index in [1.165, 1.54) is 12.1 Å². The fraction of sp³-hybridized carbons (Fsp3) is 0.250. The topological polar surface area (TPSA) is 97.0 Å². The van der Waals surface area contributed by atoms with Gasteiger partial charge >= 0.3 is 0 Å². The molecule has 0 aliphatic rings. The third-order valence-electron chi connectivity index (χ3n) is 3.47. The molecule has 8 heteroatoms. The molecule has 0 amide bonds. The van der Waals surface area contributed by atoms with Crippen LogP contribution in [0, 0.1) is 0 Å². The van der Waals surface area contributed by atoms with Gasteiger partial charge in [-0.1, -0.05) is 13.3 Å². The van der Waals surface area contributed by atoms with Crippen molar-refractivity contribution in [2.24, 2.45) is 0 Å². The molecular formula is C16H18N4O3S. The number of sulfonamides is 1. The number of aromatic nitrogens is 3. The summed E-state index contributed by atoms with van der Waals surface area (Å²) < 4.78 is 33.0. The van der Waals surface area contributed by atoms with Crippen LogP contribution in [0.2, 0.25) is 0 Å². The van der Waals surface area contributed by atoms with Crippen LogP contribution in [0.15, 0.2) is 47.4 Å². The minimum Gasteiger partial charge on any atom is -0.494 e. The van der Waals surface area contributed by atoms with Crippen LogP contribution in [0.5, 0.6) is 5.75 Å². The standard InChI is InChI=1S/C16H18N4O3S/c1-2-3-10-23-13-5-7-14(8-6-13)24(21,22)19-12-4-9-15-16(11-12)18-20-17-15/h4-9,11,19H,2-3,10H2,1H3,(H,17,18,20). The molecule has 1 aromatic heterocycles. The molecule has 0 spiro atoms. The van der Waals surface area contributed by atoms with Gasteiger partial charge in [0.15, 0.2) is 0 Å². The van der Waals surface area contributed by atoms with E-state index in [1.54, 1.807) is 30.3 Å². The Morgan fingerprint density at radius 3 is 2.58 bits per heavy atom. The Labute approximate surface area is 140 Å². The van der Waals surface area contributed by atoms with Crippen LogP contribution in [0.25, 0.3) is 11.0 Å². The van der Waals surface area contributed by atoms with E-state index in [-0.39, 0.29) is 4.90 Å². The van der Waals surface area contributed by atoms with Gasteiger partial charge in [-0.15, -0.1) is 0 Å². The monoisotopic (exact) mass is 346 g/mol. The maximum atomic E-state index is 12.5. The van der Waals surface area contributed by atoms with Gasteiger partial charge < -0.3 is 4.74 Å². The zero-order valence-electron chi connectivity index (χ0n) is 13.2. The molecule has 7 nitrogen and oxygen atoms in total. The van der Waals surface area contributed by atoms with E-state index in [9.17, 15) is 8.42 Å². The summed E-state index contributed by atoms with van der Waals surface area (Å²) in [6, 6.07) is 11.3. The number of rotatable bonds is 7. The van der Waals surface area contributed by atoms with Crippen LogP contribution in [0.4, 0.5) is 5.69 Å². The van der Waals surface area contributed by atoms with Crippen LogP contribution >= 0.6 is 0 Å². The Bertz CT molecular complexity index is 920. The molecule has 3 rings (SSSR count). The highest BCUT2D eigenvalue weighted by Gasteiger charge is 2.15. The summed E-state index contributed by atoms with van der Waals surface area (Å²) in [5.41, 5.74) is 1.70. The Kier molecular flexibility index (Phi) is 4.66. The second-order valence-corrected chi connectivity index (χ2v) is 6.99. The predicted octanol–water partition coefficient (Wildman–Crippen LogP) is 2.94. The van der Waals surface area contributed by atoms with E-state index in [0.717, 1.165) is 12.8 Å². The number of H-pyrrole nitrogens is 1. The number of aromatic amines is 1. The smallest absolute Gasteiger partial charge is 0.261 e. The highest BCUT2D eigenvalue weighted by atomic mass is 32.2. The number of ether oxygens (including phenoxy) is 1. The van der Waals surface area contributed by atoms with Crippen molar-refractivity contribution in [2.45, 2.75) is 24.7 Å². The van der Waals surface area contributed by atoms with Crippen molar-refractivity contribution in [3.8, 4) is 5.75 Å². The van der Waals surface area contributed by atoms with Gasteiger partial charge in [0.2, 0.25) is 0 Å². The van der Waals surface area contributed by atoms with E-state index >= 15 is 0 Å². The maximum absolute atomic E-state index is 12.5. The van der Waals surface area contributed by atoms with Crippen molar-refractivity contribution >= 4 is 26.7 Å². The zero-order chi connectivity index (χ0) is 17.0. The van der Waals surface area contributed by atoms with Gasteiger partial charge in [0, 0.05) is 0 Å². The summed E-state index contributed by atoms with van der Waals surface area (Å²) in [4.78, 5) is 0.172. The first-order valence-corrected chi connectivity index (χ1v) is 9.13. The lowest BCUT2D eigenvalue weighted by molar-refractivity contribution is 0.309. The first-order valence-electron chi connectivity index (χ1n) is 7.65. The maximum Gasteiger partial charge on any atom is 0.261 e. The third-order valence-corrected chi connectivity index (χ3v) is 4.87. The van der Waals surface area contributed by atoms with E-state index in [0.29, 0.717) is 29.1 Å². The number of benzene rings is 2. The second kappa shape index (κ2) is 6.88. The lowest BCUT2D eigenvalue weighted by atomic mass is 10.3. The predicted molar refractivity (Wildman–Crippen MR) is 91.5 cm³/mol. The Morgan fingerprint density at radius 2 is 1.83 bits per heavy atom. The minimum atomic E-state index is -3.67. The molecule has 1 heterocycles. The molecule has 0 aliphatic carbocycles. The van der Waals surface area contributed by atoms with Gasteiger partial charge in [0.25, 0.3) is 10.0 Å². The number of nitrogens with zero attached hydrogens (tertiary/aromatic N) is 2. The lowest BCUT2D eigenvalue weighted by Crippen LogP contribution is -2.12. The minimum absolute atomic E-state index is 0.172. The van der Waals surface area contributed by atoms with Crippen molar-refractivity contribution in [1.82, 2.24) is 15.4 Å². The van der Waals surface area contributed by atoms with E-state index in [1.807, 2.05) is 0 Å². The van der Waals surface area contributed by atoms with Crippen molar-refractivity contribution < 1.29 is 13.2 Å². The average molecular weight is 346 g/mol. The Hall–Kier alpha value is -2.61. The average Bonchev–Trinajstić information content (AvgIpc) is 3.03. The number of anilines is 1. The highest BCUT2D eigenvalue weighted by Crippen LogP contribution is 2.21. The van der Waals surface area contributed by atoms with Gasteiger partial charge in [0.1, 0.15) is 16.8 Å². The van der Waals surface area contributed by atoms with E-state index in [4.69, 9.17) is 4.74 Å². The van der Waals surface area contributed by atoms with Crippen LogP contribution in [-0.2, 0) is 10.0 Å². The molecule has 0 aliphatic heterocycles. The van der Waals surface area contributed by atoms with Gasteiger partial charge in [-0.3, -0.25) is 4.72 Å². The van der Waals surface area contributed by atoms with Crippen LogP contribution in [0.1, 0.15) is 19.8 Å². The summed E-state index contributed by atoms with van der Waals surface area (Å²) in [5.74, 6) is 0.659. The molecule has 0 atom stereocenters. The summed E-state index contributed by atoms with van der Waals surface area (Å²) in [6.45, 7) is 2.71. The number of hydrogen-bond acceptors (Lipinski definition) is 5. The number of nitrogens with one attached hydrogen (secondary N) is 2. The third kappa shape index (κ3) is 3.65. The highest BCUT2D eigenvalue weighted by molar-refractivity contribution is 7.92. The van der Waals surface area contributed by atoms with Crippen LogP contribution in [0.3, 0.4) is 0 Å². The molecular weight excluding hydrogens is 328 g/mol.